The molecule has 0 aromatic carbocycles. The molecule has 9 heteroatoms. The van der Waals surface area contributed by atoms with Gasteiger partial charge in [-0.15, -0.1) is 0 Å². The third-order valence-corrected chi connectivity index (χ3v) is 4.66. The highest BCUT2D eigenvalue weighted by Gasteiger charge is 2.45. The van der Waals surface area contributed by atoms with Crippen molar-refractivity contribution in [2.45, 2.75) is 31.5 Å². The van der Waals surface area contributed by atoms with Gasteiger partial charge in [0.25, 0.3) is 0 Å². The Kier molecular flexibility index (Phi) is 6.94. The van der Waals surface area contributed by atoms with Crippen LogP contribution in [-0.2, 0) is 23.9 Å². The van der Waals surface area contributed by atoms with Crippen molar-refractivity contribution in [3.8, 4) is 0 Å². The second-order valence-electron chi connectivity index (χ2n) is 6.45. The lowest BCUT2D eigenvalue weighted by molar-refractivity contribution is -0.141. The lowest BCUT2D eigenvalue weighted by atomic mass is 9.79. The van der Waals surface area contributed by atoms with E-state index in [0.29, 0.717) is 6.42 Å². The highest BCUT2D eigenvalue weighted by atomic mass is 19.4. The van der Waals surface area contributed by atoms with E-state index in [1.165, 1.54) is 14.2 Å². The first kappa shape index (κ1) is 21.3. The first-order chi connectivity index (χ1) is 12.7. The van der Waals surface area contributed by atoms with Crippen LogP contribution in [0, 0.1) is 5.92 Å². The van der Waals surface area contributed by atoms with Gasteiger partial charge in [-0.05, 0) is 12.5 Å². The maximum absolute atomic E-state index is 13.2. The van der Waals surface area contributed by atoms with Gasteiger partial charge >= 0.3 is 6.18 Å². The normalized spacial score (nSPS) is 22.0. The minimum atomic E-state index is -4.61. The number of rotatable bonds is 7. The van der Waals surface area contributed by atoms with Crippen LogP contribution >= 0.6 is 0 Å². The second-order valence-corrected chi connectivity index (χ2v) is 6.45. The average molecular weight is 389 g/mol. The molecule has 0 bridgehead atoms. The Balaban J connectivity index is 2.31. The molecule has 1 fully saturated rings. The van der Waals surface area contributed by atoms with Gasteiger partial charge in [-0.3, -0.25) is 14.4 Å². The number of allylic oxidation sites excluding steroid dienone is 3. The number of ether oxygens (including phenoxy) is 2. The van der Waals surface area contributed by atoms with Crippen LogP contribution < -0.4 is 0 Å². The molecule has 0 saturated heterocycles. The fourth-order valence-corrected chi connectivity index (χ4v) is 3.22. The predicted molar refractivity (Wildman–Crippen MR) is 88.8 cm³/mol. The molecule has 1 unspecified atom stereocenters. The summed E-state index contributed by atoms with van der Waals surface area (Å²) in [6.07, 6.45) is -2.15. The number of hydrogen-bond acceptors (Lipinski definition) is 6. The fourth-order valence-electron chi connectivity index (χ4n) is 3.22. The van der Waals surface area contributed by atoms with Gasteiger partial charge in [0.05, 0.1) is 25.9 Å². The summed E-state index contributed by atoms with van der Waals surface area (Å²) in [6, 6.07) is -1.06. The summed E-state index contributed by atoms with van der Waals surface area (Å²) in [5, 5.41) is 0. The van der Waals surface area contributed by atoms with Gasteiger partial charge in [0.15, 0.2) is 17.3 Å². The number of methoxy groups -OCH3 is 1. The highest BCUT2D eigenvalue weighted by Crippen LogP contribution is 2.35. The highest BCUT2D eigenvalue weighted by molar-refractivity contribution is 6.25. The zero-order valence-corrected chi connectivity index (χ0v) is 15.2. The van der Waals surface area contributed by atoms with Crippen molar-refractivity contribution in [1.29, 1.82) is 0 Å². The molecule has 2 rings (SSSR count). The number of carbonyl (C=O) groups is 3. The smallest absolute Gasteiger partial charge is 0.382 e. The van der Waals surface area contributed by atoms with Crippen LogP contribution in [0.25, 0.3) is 0 Å². The Labute approximate surface area is 155 Å². The Hall–Kier alpha value is -2.00. The summed E-state index contributed by atoms with van der Waals surface area (Å²) in [4.78, 5) is 37.9. The molecule has 1 heterocycles. The topological polar surface area (TPSA) is 72.9 Å². The van der Waals surface area contributed by atoms with E-state index >= 15 is 0 Å². The van der Waals surface area contributed by atoms with Crippen molar-refractivity contribution in [3.05, 3.63) is 23.4 Å². The van der Waals surface area contributed by atoms with E-state index in [9.17, 15) is 27.6 Å². The largest absolute Gasteiger partial charge is 0.431 e. The number of Topliss-reactive ketones (excluding diaryl/α,β-unsaturated/α-hetero) is 3. The standard InChI is InChI=1S/C18H22F3NO5/c1-22-12(10-27-9-8-26-2)11(6-7-15(22)18(19,20)21)17(25)16-13(23)4-3-5-14(16)24/h6-7,12,16H,3-5,8-10H2,1-2H3. The molecular weight excluding hydrogens is 367 g/mol. The van der Waals surface area contributed by atoms with E-state index in [4.69, 9.17) is 9.47 Å². The summed E-state index contributed by atoms with van der Waals surface area (Å²) >= 11 is 0. The molecule has 1 aliphatic heterocycles. The van der Waals surface area contributed by atoms with E-state index < -0.39 is 41.2 Å². The predicted octanol–water partition coefficient (Wildman–Crippen LogP) is 1.84. The van der Waals surface area contributed by atoms with Gasteiger partial charge in [0.2, 0.25) is 0 Å². The molecule has 0 radical (unpaired) electrons. The molecule has 0 aromatic heterocycles. The summed E-state index contributed by atoms with van der Waals surface area (Å²) in [5.74, 6) is -3.14. The molecule has 150 valence electrons. The molecule has 2 aliphatic rings. The zero-order chi connectivity index (χ0) is 20.2. The quantitative estimate of drug-likeness (QED) is 0.489. The van der Waals surface area contributed by atoms with Gasteiger partial charge in [0, 0.05) is 32.6 Å². The Morgan fingerprint density at radius 1 is 1.19 bits per heavy atom. The minimum Gasteiger partial charge on any atom is -0.382 e. The molecule has 6 nitrogen and oxygen atoms in total. The summed E-state index contributed by atoms with van der Waals surface area (Å²) < 4.78 is 49.8. The first-order valence-corrected chi connectivity index (χ1v) is 8.56. The van der Waals surface area contributed by atoms with Crippen LogP contribution in [-0.4, -0.2) is 68.4 Å². The molecule has 0 N–H and O–H groups in total. The van der Waals surface area contributed by atoms with Gasteiger partial charge in [-0.2, -0.15) is 13.2 Å². The lowest BCUT2D eigenvalue weighted by Gasteiger charge is -2.37. The lowest BCUT2D eigenvalue weighted by Crippen LogP contribution is -2.47. The van der Waals surface area contributed by atoms with Crippen LogP contribution in [0.3, 0.4) is 0 Å². The maximum atomic E-state index is 13.2. The van der Waals surface area contributed by atoms with Crippen molar-refractivity contribution >= 4 is 17.3 Å². The van der Waals surface area contributed by atoms with Crippen LogP contribution in [0.15, 0.2) is 23.4 Å². The van der Waals surface area contributed by atoms with Crippen LogP contribution in [0.4, 0.5) is 13.2 Å². The Morgan fingerprint density at radius 2 is 1.81 bits per heavy atom. The van der Waals surface area contributed by atoms with Gasteiger partial charge in [0.1, 0.15) is 11.6 Å². The number of halogens is 3. The second kappa shape index (κ2) is 8.79. The number of likely N-dealkylation sites (N-methyl/N-ethyl adjacent to an activating group) is 1. The van der Waals surface area contributed by atoms with E-state index in [-0.39, 0.29) is 38.2 Å². The van der Waals surface area contributed by atoms with Gasteiger partial charge in [-0.1, -0.05) is 6.08 Å². The third kappa shape index (κ3) is 4.84. The van der Waals surface area contributed by atoms with Gasteiger partial charge < -0.3 is 14.4 Å². The average Bonchev–Trinajstić information content (AvgIpc) is 2.58. The Morgan fingerprint density at radius 3 is 2.37 bits per heavy atom. The zero-order valence-electron chi connectivity index (χ0n) is 15.2. The summed E-state index contributed by atoms with van der Waals surface area (Å²) in [7, 11) is 2.66. The molecule has 1 saturated carbocycles. The monoisotopic (exact) mass is 389 g/mol. The summed E-state index contributed by atoms with van der Waals surface area (Å²) in [5.41, 5.74) is -0.961. The molecule has 0 amide bonds. The van der Waals surface area contributed by atoms with E-state index in [1.54, 1.807) is 0 Å². The Bertz CT molecular complexity index is 652. The number of carbonyl (C=O) groups excluding carboxylic acids is 3. The number of alkyl halides is 3. The molecule has 1 aliphatic carbocycles. The molecule has 0 spiro atoms. The third-order valence-electron chi connectivity index (χ3n) is 4.66. The minimum absolute atomic E-state index is 0.0310. The van der Waals surface area contributed by atoms with Crippen molar-refractivity contribution in [2.75, 3.05) is 34.0 Å². The fraction of sp³-hybridized carbons (Fsp3) is 0.611. The van der Waals surface area contributed by atoms with Crippen LogP contribution in [0.1, 0.15) is 19.3 Å². The SMILES string of the molecule is COCCOCC1C(C(=O)C2C(=O)CCCC2=O)=CC=C(C(F)(F)F)N1C. The van der Waals surface area contributed by atoms with E-state index in [2.05, 4.69) is 0 Å². The van der Waals surface area contributed by atoms with Gasteiger partial charge in [-0.25, -0.2) is 0 Å². The molecular formula is C18H22F3NO5. The molecule has 0 aromatic rings. The van der Waals surface area contributed by atoms with Crippen LogP contribution in [0.2, 0.25) is 0 Å². The maximum Gasteiger partial charge on any atom is 0.431 e. The van der Waals surface area contributed by atoms with Crippen molar-refractivity contribution in [3.63, 3.8) is 0 Å². The van der Waals surface area contributed by atoms with E-state index in [0.717, 1.165) is 17.1 Å². The number of nitrogens with zero attached hydrogens (tertiary/aromatic N) is 1. The summed E-state index contributed by atoms with van der Waals surface area (Å²) in [6.45, 7) is 0.166. The van der Waals surface area contributed by atoms with Crippen LogP contribution in [0.5, 0.6) is 0 Å². The number of hydrogen-bond donors (Lipinski definition) is 0. The molecule has 1 atom stereocenters. The first-order valence-electron chi connectivity index (χ1n) is 8.56. The van der Waals surface area contributed by atoms with Crippen molar-refractivity contribution in [2.24, 2.45) is 5.92 Å². The van der Waals surface area contributed by atoms with Crippen molar-refractivity contribution in [1.82, 2.24) is 4.90 Å². The number of ketones is 3. The van der Waals surface area contributed by atoms with E-state index in [1.807, 2.05) is 0 Å². The molecule has 27 heavy (non-hydrogen) atoms. The van der Waals surface area contributed by atoms with Crippen molar-refractivity contribution < 1.29 is 37.0 Å².